The van der Waals surface area contributed by atoms with Gasteiger partial charge in [0.25, 0.3) is 0 Å². The van der Waals surface area contributed by atoms with Gasteiger partial charge in [-0.25, -0.2) is 4.79 Å². The summed E-state index contributed by atoms with van der Waals surface area (Å²) < 4.78 is 10.9. The van der Waals surface area contributed by atoms with Gasteiger partial charge in [0.1, 0.15) is 17.9 Å². The molecule has 4 nitrogen and oxygen atoms in total. The monoisotopic (exact) mass is 289 g/mol. The van der Waals surface area contributed by atoms with Gasteiger partial charge in [-0.2, -0.15) is 0 Å². The van der Waals surface area contributed by atoms with Crippen molar-refractivity contribution in [2.24, 2.45) is 0 Å². The van der Waals surface area contributed by atoms with E-state index in [-0.39, 0.29) is 5.63 Å². The van der Waals surface area contributed by atoms with Crippen molar-refractivity contribution in [2.75, 3.05) is 13.2 Å². The summed E-state index contributed by atoms with van der Waals surface area (Å²) in [5, 5.41) is 0.896. The molecule has 0 fully saturated rings. The molecule has 2 rings (SSSR count). The summed E-state index contributed by atoms with van der Waals surface area (Å²) in [4.78, 5) is 13.6. The van der Waals surface area contributed by atoms with Crippen LogP contribution in [0.3, 0.4) is 0 Å². The molecule has 0 aliphatic heterocycles. The van der Waals surface area contributed by atoms with Crippen LogP contribution < -0.4 is 10.4 Å². The second kappa shape index (κ2) is 6.76. The molecule has 0 amide bonds. The van der Waals surface area contributed by atoms with Crippen LogP contribution in [-0.2, 0) is 0 Å². The molecule has 114 valence electrons. The topological polar surface area (TPSA) is 42.7 Å². The molecular weight excluding hydrogens is 266 g/mol. The van der Waals surface area contributed by atoms with E-state index in [0.717, 1.165) is 17.7 Å². The molecule has 0 N–H and O–H groups in total. The Morgan fingerprint density at radius 2 is 1.76 bits per heavy atom. The highest BCUT2D eigenvalue weighted by atomic mass is 16.5. The molecule has 2 aromatic rings. The fourth-order valence-corrected chi connectivity index (χ4v) is 2.51. The van der Waals surface area contributed by atoms with Gasteiger partial charge in [-0.1, -0.05) is 0 Å². The summed E-state index contributed by atoms with van der Waals surface area (Å²) in [6.07, 6.45) is 0. The van der Waals surface area contributed by atoms with Crippen molar-refractivity contribution >= 4 is 11.0 Å². The first-order valence-electron chi connectivity index (χ1n) is 7.40. The summed E-state index contributed by atoms with van der Waals surface area (Å²) in [5.74, 6) is 0.726. The van der Waals surface area contributed by atoms with Crippen molar-refractivity contribution in [3.8, 4) is 5.75 Å². The summed E-state index contributed by atoms with van der Waals surface area (Å²) in [6.45, 7) is 10.2. The third-order valence-electron chi connectivity index (χ3n) is 3.54. The molecule has 0 saturated carbocycles. The van der Waals surface area contributed by atoms with Gasteiger partial charge in [-0.15, -0.1) is 0 Å². The smallest absolute Gasteiger partial charge is 0.336 e. The maximum Gasteiger partial charge on any atom is 0.336 e. The Labute approximate surface area is 125 Å². The van der Waals surface area contributed by atoms with Crippen LogP contribution in [0.4, 0.5) is 0 Å². The second-order valence-corrected chi connectivity index (χ2v) is 5.73. The first-order chi connectivity index (χ1) is 9.97. The van der Waals surface area contributed by atoms with Crippen molar-refractivity contribution in [3.05, 3.63) is 40.8 Å². The molecule has 0 saturated heterocycles. The van der Waals surface area contributed by atoms with Crippen LogP contribution in [0.25, 0.3) is 11.0 Å². The van der Waals surface area contributed by atoms with E-state index in [1.54, 1.807) is 12.1 Å². The van der Waals surface area contributed by atoms with Gasteiger partial charge in [-0.05, 0) is 45.9 Å². The first-order valence-corrected chi connectivity index (χ1v) is 7.40. The molecule has 0 spiro atoms. The average Bonchev–Trinajstić information content (AvgIpc) is 2.42. The van der Waals surface area contributed by atoms with Crippen LogP contribution >= 0.6 is 0 Å². The van der Waals surface area contributed by atoms with E-state index >= 15 is 0 Å². The Morgan fingerprint density at radius 3 is 2.43 bits per heavy atom. The molecule has 1 heterocycles. The zero-order chi connectivity index (χ0) is 15.4. The maximum atomic E-state index is 11.2. The number of rotatable bonds is 6. The lowest BCUT2D eigenvalue weighted by Crippen LogP contribution is -2.39. The molecule has 1 aromatic carbocycles. The van der Waals surface area contributed by atoms with Gasteiger partial charge in [-0.3, -0.25) is 4.90 Å². The third kappa shape index (κ3) is 4.08. The van der Waals surface area contributed by atoms with E-state index < -0.39 is 0 Å². The van der Waals surface area contributed by atoms with Gasteiger partial charge >= 0.3 is 5.63 Å². The minimum atomic E-state index is -0.342. The molecule has 0 aliphatic carbocycles. The number of nitrogens with zero attached hydrogens (tertiary/aromatic N) is 1. The minimum Gasteiger partial charge on any atom is -0.492 e. The predicted molar refractivity (Wildman–Crippen MR) is 85.0 cm³/mol. The Balaban J connectivity index is 2.02. The molecule has 1 aromatic heterocycles. The molecular formula is C17H23NO3. The standard InChI is InChI=1S/C17H23NO3/c1-12(2)18(13(3)4)9-10-20-15-7-5-14-6-8-17(19)21-16(14)11-15/h5-8,11-13H,9-10H2,1-4H3. The van der Waals surface area contributed by atoms with Crippen LogP contribution in [0.5, 0.6) is 5.75 Å². The van der Waals surface area contributed by atoms with Crippen LogP contribution in [0.15, 0.2) is 39.5 Å². The Morgan fingerprint density at radius 1 is 1.10 bits per heavy atom. The van der Waals surface area contributed by atoms with Gasteiger partial charge in [0.05, 0.1) is 0 Å². The lowest BCUT2D eigenvalue weighted by atomic mass is 10.2. The lowest BCUT2D eigenvalue weighted by molar-refractivity contribution is 0.142. The van der Waals surface area contributed by atoms with Crippen molar-refractivity contribution < 1.29 is 9.15 Å². The first kappa shape index (κ1) is 15.6. The van der Waals surface area contributed by atoms with Crippen LogP contribution in [0, 0.1) is 0 Å². The van der Waals surface area contributed by atoms with Crippen molar-refractivity contribution in [1.82, 2.24) is 4.90 Å². The van der Waals surface area contributed by atoms with Gasteiger partial charge < -0.3 is 9.15 Å². The molecule has 0 radical (unpaired) electrons. The summed E-state index contributed by atoms with van der Waals surface area (Å²) in [7, 11) is 0. The van der Waals surface area contributed by atoms with E-state index in [9.17, 15) is 4.79 Å². The van der Waals surface area contributed by atoms with Crippen LogP contribution in [-0.4, -0.2) is 30.1 Å². The van der Waals surface area contributed by atoms with Gasteiger partial charge in [0.2, 0.25) is 0 Å². The number of fused-ring (bicyclic) bond motifs is 1. The number of hydrogen-bond acceptors (Lipinski definition) is 4. The second-order valence-electron chi connectivity index (χ2n) is 5.73. The zero-order valence-corrected chi connectivity index (χ0v) is 13.1. The normalized spacial score (nSPS) is 11.8. The number of hydrogen-bond donors (Lipinski definition) is 0. The highest BCUT2D eigenvalue weighted by molar-refractivity contribution is 5.77. The Hall–Kier alpha value is -1.81. The molecule has 0 atom stereocenters. The van der Waals surface area contributed by atoms with E-state index in [0.29, 0.717) is 24.3 Å². The van der Waals surface area contributed by atoms with Crippen molar-refractivity contribution in [3.63, 3.8) is 0 Å². The third-order valence-corrected chi connectivity index (χ3v) is 3.54. The summed E-state index contributed by atoms with van der Waals surface area (Å²) in [5.41, 5.74) is 0.218. The van der Waals surface area contributed by atoms with Crippen molar-refractivity contribution in [1.29, 1.82) is 0 Å². The minimum absolute atomic E-state index is 0.342. The van der Waals surface area contributed by atoms with E-state index in [1.165, 1.54) is 6.07 Å². The largest absolute Gasteiger partial charge is 0.492 e. The highest BCUT2D eigenvalue weighted by Crippen LogP contribution is 2.19. The van der Waals surface area contributed by atoms with E-state index in [2.05, 4.69) is 32.6 Å². The van der Waals surface area contributed by atoms with Crippen LogP contribution in [0.2, 0.25) is 0 Å². The summed E-state index contributed by atoms with van der Waals surface area (Å²) >= 11 is 0. The highest BCUT2D eigenvalue weighted by Gasteiger charge is 2.12. The molecule has 0 bridgehead atoms. The fourth-order valence-electron chi connectivity index (χ4n) is 2.51. The predicted octanol–water partition coefficient (Wildman–Crippen LogP) is 3.29. The van der Waals surface area contributed by atoms with Gasteiger partial charge in [0, 0.05) is 36.1 Å². The maximum absolute atomic E-state index is 11.2. The summed E-state index contributed by atoms with van der Waals surface area (Å²) in [6, 6.07) is 9.72. The molecule has 21 heavy (non-hydrogen) atoms. The molecule has 4 heteroatoms. The van der Waals surface area contributed by atoms with Crippen molar-refractivity contribution in [2.45, 2.75) is 39.8 Å². The number of ether oxygens (including phenoxy) is 1. The Kier molecular flexibility index (Phi) is 5.02. The van der Waals surface area contributed by atoms with Gasteiger partial charge in [0.15, 0.2) is 0 Å². The molecule has 0 unspecified atom stereocenters. The number of benzene rings is 1. The quantitative estimate of drug-likeness (QED) is 0.765. The Bertz CT molecular complexity index is 638. The molecule has 0 aliphatic rings. The van der Waals surface area contributed by atoms with E-state index in [4.69, 9.17) is 9.15 Å². The van der Waals surface area contributed by atoms with E-state index in [1.807, 2.05) is 12.1 Å². The average molecular weight is 289 g/mol. The SMILES string of the molecule is CC(C)N(CCOc1ccc2ccc(=O)oc2c1)C(C)C. The fraction of sp³-hybridized carbons (Fsp3) is 0.471. The van der Waals surface area contributed by atoms with Crippen LogP contribution in [0.1, 0.15) is 27.7 Å². The zero-order valence-electron chi connectivity index (χ0n) is 13.1. The lowest BCUT2D eigenvalue weighted by Gasteiger charge is -2.30.